The Kier molecular flexibility index (Phi) is 3.72. The topological polar surface area (TPSA) is 43.8 Å². The van der Waals surface area contributed by atoms with Crippen LogP contribution in [0.2, 0.25) is 0 Å². The van der Waals surface area contributed by atoms with Crippen molar-refractivity contribution >= 4 is 0 Å². The summed E-state index contributed by atoms with van der Waals surface area (Å²) >= 11 is 0. The molecule has 0 saturated carbocycles. The van der Waals surface area contributed by atoms with Crippen molar-refractivity contribution in [2.75, 3.05) is 6.54 Å². The van der Waals surface area contributed by atoms with Gasteiger partial charge in [0.25, 0.3) is 0 Å². The van der Waals surface area contributed by atoms with Crippen molar-refractivity contribution in [2.24, 2.45) is 5.73 Å². The van der Waals surface area contributed by atoms with Gasteiger partial charge in [0.15, 0.2) is 0 Å². The Hall–Kier alpha value is -1.61. The molecule has 16 heavy (non-hydrogen) atoms. The summed E-state index contributed by atoms with van der Waals surface area (Å²) in [6.07, 6.45) is 7.90. The van der Waals surface area contributed by atoms with Crippen molar-refractivity contribution in [1.82, 2.24) is 9.55 Å². The second kappa shape index (κ2) is 5.47. The molecule has 0 radical (unpaired) electrons. The summed E-state index contributed by atoms with van der Waals surface area (Å²) in [6.45, 7) is 1.64. The Morgan fingerprint density at radius 1 is 1.25 bits per heavy atom. The largest absolute Gasteiger partial charge is 0.347 e. The average Bonchev–Trinajstić information content (AvgIpc) is 2.75. The van der Waals surface area contributed by atoms with Gasteiger partial charge in [-0.05, 0) is 43.1 Å². The zero-order chi connectivity index (χ0) is 11.2. The minimum absolute atomic E-state index is 0.748. The summed E-state index contributed by atoms with van der Waals surface area (Å²) < 4.78 is 2.26. The first-order chi connectivity index (χ1) is 7.90. The highest BCUT2D eigenvalue weighted by atomic mass is 15.0. The first-order valence-corrected chi connectivity index (χ1v) is 5.63. The molecule has 2 rings (SSSR count). The van der Waals surface area contributed by atoms with Gasteiger partial charge in [-0.1, -0.05) is 6.07 Å². The summed E-state index contributed by atoms with van der Waals surface area (Å²) in [5, 5.41) is 0. The fourth-order valence-electron chi connectivity index (χ4n) is 1.80. The van der Waals surface area contributed by atoms with Crippen LogP contribution in [-0.2, 0) is 13.0 Å². The molecule has 0 bridgehead atoms. The van der Waals surface area contributed by atoms with E-state index in [2.05, 4.69) is 33.9 Å². The number of pyridine rings is 1. The molecule has 3 nitrogen and oxygen atoms in total. The van der Waals surface area contributed by atoms with Crippen LogP contribution >= 0.6 is 0 Å². The summed E-state index contributed by atoms with van der Waals surface area (Å²) in [4.78, 5) is 4.12. The highest BCUT2D eigenvalue weighted by molar-refractivity contribution is 5.14. The molecule has 0 aromatic carbocycles. The van der Waals surface area contributed by atoms with Crippen LogP contribution in [0.25, 0.3) is 0 Å². The summed E-state index contributed by atoms with van der Waals surface area (Å²) in [5.74, 6) is 0. The quantitative estimate of drug-likeness (QED) is 0.826. The molecule has 84 valence electrons. The molecule has 2 aromatic rings. The molecule has 0 aliphatic rings. The van der Waals surface area contributed by atoms with E-state index in [4.69, 9.17) is 5.73 Å². The van der Waals surface area contributed by atoms with Crippen molar-refractivity contribution in [3.63, 3.8) is 0 Å². The van der Waals surface area contributed by atoms with Crippen molar-refractivity contribution < 1.29 is 0 Å². The van der Waals surface area contributed by atoms with Crippen LogP contribution < -0.4 is 5.73 Å². The lowest BCUT2D eigenvalue weighted by atomic mass is 10.2. The normalized spacial score (nSPS) is 10.6. The SMILES string of the molecule is NCCCc1cccn1Cc1cccnc1. The fourth-order valence-corrected chi connectivity index (χ4v) is 1.80. The van der Waals surface area contributed by atoms with Gasteiger partial charge in [-0.2, -0.15) is 0 Å². The number of nitrogens with zero attached hydrogens (tertiary/aromatic N) is 2. The van der Waals surface area contributed by atoms with Crippen molar-refractivity contribution in [3.05, 3.63) is 54.1 Å². The van der Waals surface area contributed by atoms with Gasteiger partial charge in [-0.15, -0.1) is 0 Å². The predicted molar refractivity (Wildman–Crippen MR) is 65.1 cm³/mol. The van der Waals surface area contributed by atoms with Crippen LogP contribution in [0, 0.1) is 0 Å². The summed E-state index contributed by atoms with van der Waals surface area (Å²) in [6, 6.07) is 8.31. The van der Waals surface area contributed by atoms with E-state index in [9.17, 15) is 0 Å². The summed E-state index contributed by atoms with van der Waals surface area (Å²) in [7, 11) is 0. The second-order valence-electron chi connectivity index (χ2n) is 3.88. The van der Waals surface area contributed by atoms with Crippen LogP contribution in [0.1, 0.15) is 17.7 Å². The maximum Gasteiger partial charge on any atom is 0.0488 e. The lowest BCUT2D eigenvalue weighted by molar-refractivity contribution is 0.708. The number of hydrogen-bond acceptors (Lipinski definition) is 2. The Morgan fingerprint density at radius 2 is 2.19 bits per heavy atom. The van der Waals surface area contributed by atoms with Crippen molar-refractivity contribution in [1.29, 1.82) is 0 Å². The van der Waals surface area contributed by atoms with Crippen LogP contribution in [0.4, 0.5) is 0 Å². The van der Waals surface area contributed by atoms with Gasteiger partial charge in [0.1, 0.15) is 0 Å². The maximum atomic E-state index is 5.53. The highest BCUT2D eigenvalue weighted by Gasteiger charge is 2.01. The maximum absolute atomic E-state index is 5.53. The Balaban J connectivity index is 2.07. The van der Waals surface area contributed by atoms with E-state index in [0.29, 0.717) is 0 Å². The highest BCUT2D eigenvalue weighted by Crippen LogP contribution is 2.08. The van der Waals surface area contributed by atoms with E-state index >= 15 is 0 Å². The Labute approximate surface area is 95.9 Å². The van der Waals surface area contributed by atoms with Gasteiger partial charge in [0, 0.05) is 30.8 Å². The van der Waals surface area contributed by atoms with Gasteiger partial charge < -0.3 is 10.3 Å². The minimum atomic E-state index is 0.748. The van der Waals surface area contributed by atoms with E-state index in [-0.39, 0.29) is 0 Å². The number of nitrogens with two attached hydrogens (primary N) is 1. The molecule has 0 saturated heterocycles. The standard InChI is InChI=1S/C13H17N3/c14-7-1-5-13-6-3-9-16(13)11-12-4-2-8-15-10-12/h2-4,6,8-10H,1,5,7,11,14H2. The molecule has 0 amide bonds. The molecule has 0 fully saturated rings. The number of hydrogen-bond donors (Lipinski definition) is 1. The second-order valence-corrected chi connectivity index (χ2v) is 3.88. The van der Waals surface area contributed by atoms with Gasteiger partial charge >= 0.3 is 0 Å². The van der Waals surface area contributed by atoms with Crippen molar-refractivity contribution in [2.45, 2.75) is 19.4 Å². The first-order valence-electron chi connectivity index (χ1n) is 5.63. The average molecular weight is 215 g/mol. The molecule has 0 aliphatic carbocycles. The van der Waals surface area contributed by atoms with E-state index in [1.54, 1.807) is 6.20 Å². The number of aromatic nitrogens is 2. The lowest BCUT2D eigenvalue weighted by Crippen LogP contribution is -2.06. The minimum Gasteiger partial charge on any atom is -0.347 e. The molecule has 0 atom stereocenters. The molecule has 0 spiro atoms. The monoisotopic (exact) mass is 215 g/mol. The van der Waals surface area contributed by atoms with Crippen LogP contribution in [0.15, 0.2) is 42.9 Å². The third-order valence-corrected chi connectivity index (χ3v) is 2.64. The van der Waals surface area contributed by atoms with Crippen molar-refractivity contribution in [3.8, 4) is 0 Å². The molecule has 2 aromatic heterocycles. The Morgan fingerprint density at radius 3 is 2.94 bits per heavy atom. The fraction of sp³-hybridized carbons (Fsp3) is 0.308. The van der Waals surface area contributed by atoms with Crippen LogP contribution in [-0.4, -0.2) is 16.1 Å². The zero-order valence-electron chi connectivity index (χ0n) is 9.34. The van der Waals surface area contributed by atoms with Gasteiger partial charge in [0.2, 0.25) is 0 Å². The van der Waals surface area contributed by atoms with Crippen LogP contribution in [0.3, 0.4) is 0 Å². The summed E-state index contributed by atoms with van der Waals surface area (Å²) in [5.41, 5.74) is 8.10. The molecule has 0 aliphatic heterocycles. The van der Waals surface area contributed by atoms with Gasteiger partial charge in [-0.25, -0.2) is 0 Å². The molecule has 3 heteroatoms. The van der Waals surface area contributed by atoms with E-state index in [1.807, 2.05) is 12.3 Å². The third kappa shape index (κ3) is 2.70. The van der Waals surface area contributed by atoms with E-state index in [1.165, 1.54) is 11.3 Å². The number of rotatable bonds is 5. The molecule has 2 N–H and O–H groups in total. The third-order valence-electron chi connectivity index (χ3n) is 2.64. The first kappa shape index (κ1) is 10.9. The molecule has 0 unspecified atom stereocenters. The molecular formula is C13H17N3. The molecule has 2 heterocycles. The molecular weight excluding hydrogens is 198 g/mol. The van der Waals surface area contributed by atoms with Gasteiger partial charge in [-0.3, -0.25) is 4.98 Å². The zero-order valence-corrected chi connectivity index (χ0v) is 9.34. The van der Waals surface area contributed by atoms with E-state index in [0.717, 1.165) is 25.9 Å². The van der Waals surface area contributed by atoms with Gasteiger partial charge in [0.05, 0.1) is 0 Å². The Bertz CT molecular complexity index is 420. The number of aryl methyl sites for hydroxylation is 1. The lowest BCUT2D eigenvalue weighted by Gasteiger charge is -2.08. The smallest absolute Gasteiger partial charge is 0.0488 e. The van der Waals surface area contributed by atoms with E-state index < -0.39 is 0 Å². The van der Waals surface area contributed by atoms with Crippen LogP contribution in [0.5, 0.6) is 0 Å². The predicted octanol–water partition coefficient (Wildman–Crippen LogP) is 1.82.